The van der Waals surface area contributed by atoms with E-state index in [0.29, 0.717) is 12.3 Å². The minimum absolute atomic E-state index is 0.112. The smallest absolute Gasteiger partial charge is 0.305 e. The van der Waals surface area contributed by atoms with E-state index in [2.05, 4.69) is 45.8 Å². The van der Waals surface area contributed by atoms with Crippen molar-refractivity contribution in [1.82, 2.24) is 0 Å². The van der Waals surface area contributed by atoms with Gasteiger partial charge in [0.1, 0.15) is 0 Å². The van der Waals surface area contributed by atoms with Crippen molar-refractivity contribution in [3.05, 3.63) is 34.3 Å². The Kier molecular flexibility index (Phi) is 6.27. The molecule has 0 saturated carbocycles. The molecule has 94 valence electrons. The van der Waals surface area contributed by atoms with Crippen LogP contribution in [0.15, 0.2) is 28.7 Å². The van der Waals surface area contributed by atoms with Gasteiger partial charge < -0.3 is 4.74 Å². The van der Waals surface area contributed by atoms with Crippen LogP contribution in [0.4, 0.5) is 0 Å². The summed E-state index contributed by atoms with van der Waals surface area (Å²) in [6.07, 6.45) is 3.58. The Balaban J connectivity index is 2.33. The lowest BCUT2D eigenvalue weighted by Gasteiger charge is -2.13. The number of benzene rings is 1. The van der Waals surface area contributed by atoms with Gasteiger partial charge in [0.15, 0.2) is 0 Å². The van der Waals surface area contributed by atoms with Gasteiger partial charge in [-0.1, -0.05) is 47.5 Å². The van der Waals surface area contributed by atoms with Crippen LogP contribution in [0.1, 0.15) is 44.1 Å². The van der Waals surface area contributed by atoms with Crippen LogP contribution in [-0.2, 0) is 9.53 Å². The average molecular weight is 299 g/mol. The van der Waals surface area contributed by atoms with E-state index < -0.39 is 0 Å². The minimum atomic E-state index is -0.112. The van der Waals surface area contributed by atoms with Gasteiger partial charge in [-0.05, 0) is 30.4 Å². The first-order chi connectivity index (χ1) is 8.15. The molecular weight excluding hydrogens is 280 g/mol. The van der Waals surface area contributed by atoms with Crippen LogP contribution in [0.2, 0.25) is 0 Å². The first kappa shape index (κ1) is 14.2. The van der Waals surface area contributed by atoms with Crippen LogP contribution in [-0.4, -0.2) is 13.1 Å². The summed E-state index contributed by atoms with van der Waals surface area (Å²) in [5, 5.41) is 0. The fourth-order valence-corrected chi connectivity index (χ4v) is 2.53. The predicted molar refractivity (Wildman–Crippen MR) is 73.0 cm³/mol. The fraction of sp³-hybridized carbons (Fsp3) is 0.500. The van der Waals surface area contributed by atoms with Gasteiger partial charge in [-0.3, -0.25) is 4.79 Å². The lowest BCUT2D eigenvalue weighted by atomic mass is 9.95. The zero-order valence-corrected chi connectivity index (χ0v) is 12.0. The molecule has 0 aliphatic rings. The van der Waals surface area contributed by atoms with Gasteiger partial charge >= 0.3 is 5.97 Å². The van der Waals surface area contributed by atoms with E-state index in [1.54, 1.807) is 0 Å². The third-order valence-electron chi connectivity index (χ3n) is 2.93. The lowest BCUT2D eigenvalue weighted by Crippen LogP contribution is -2.00. The molecule has 1 atom stereocenters. The molecule has 0 spiro atoms. The van der Waals surface area contributed by atoms with E-state index in [-0.39, 0.29) is 5.97 Å². The van der Waals surface area contributed by atoms with Gasteiger partial charge in [0, 0.05) is 10.9 Å². The van der Waals surface area contributed by atoms with Crippen molar-refractivity contribution in [3.63, 3.8) is 0 Å². The van der Waals surface area contributed by atoms with Crippen molar-refractivity contribution < 1.29 is 9.53 Å². The molecule has 1 rings (SSSR count). The van der Waals surface area contributed by atoms with E-state index in [0.717, 1.165) is 19.3 Å². The number of carbonyl (C=O) groups excluding carboxylic acids is 1. The molecule has 2 nitrogen and oxygen atoms in total. The molecule has 1 unspecified atom stereocenters. The number of esters is 1. The number of halogens is 1. The summed E-state index contributed by atoms with van der Waals surface area (Å²) < 4.78 is 5.78. The van der Waals surface area contributed by atoms with E-state index in [1.165, 1.54) is 17.1 Å². The summed E-state index contributed by atoms with van der Waals surface area (Å²) >= 11 is 3.57. The van der Waals surface area contributed by atoms with Gasteiger partial charge in [-0.15, -0.1) is 0 Å². The second-order valence-corrected chi connectivity index (χ2v) is 5.10. The van der Waals surface area contributed by atoms with Crippen molar-refractivity contribution in [2.24, 2.45) is 0 Å². The Morgan fingerprint density at radius 3 is 2.71 bits per heavy atom. The number of rotatable bonds is 6. The van der Waals surface area contributed by atoms with Crippen LogP contribution in [0.3, 0.4) is 0 Å². The Hall–Kier alpha value is -0.830. The van der Waals surface area contributed by atoms with Crippen LogP contribution in [0.25, 0.3) is 0 Å². The zero-order valence-electron chi connectivity index (χ0n) is 10.4. The quantitative estimate of drug-likeness (QED) is 0.578. The highest BCUT2D eigenvalue weighted by Crippen LogP contribution is 2.28. The van der Waals surface area contributed by atoms with Crippen molar-refractivity contribution in [2.45, 2.75) is 38.5 Å². The molecular formula is C14H19BrO2. The lowest BCUT2D eigenvalue weighted by molar-refractivity contribution is -0.140. The first-order valence-corrected chi connectivity index (χ1v) is 6.75. The molecule has 0 aromatic heterocycles. The topological polar surface area (TPSA) is 26.3 Å². The van der Waals surface area contributed by atoms with Gasteiger partial charge in [-0.2, -0.15) is 0 Å². The molecule has 1 aromatic carbocycles. The second kappa shape index (κ2) is 7.49. The highest BCUT2D eigenvalue weighted by molar-refractivity contribution is 9.10. The molecule has 0 N–H and O–H groups in total. The summed E-state index contributed by atoms with van der Waals surface area (Å²) in [6.45, 7) is 2.22. The standard InChI is InChI=1S/C14H19BrO2/c1-11(7-3-6-10-14(16)17-2)12-8-4-5-9-13(12)15/h4-5,8-9,11H,3,6-7,10H2,1-2H3. The van der Waals surface area contributed by atoms with Crippen LogP contribution >= 0.6 is 15.9 Å². The number of unbranched alkanes of at least 4 members (excludes halogenated alkanes) is 1. The molecule has 0 heterocycles. The summed E-state index contributed by atoms with van der Waals surface area (Å²) in [5.41, 5.74) is 1.34. The maximum atomic E-state index is 11.0. The average Bonchev–Trinajstić information content (AvgIpc) is 2.34. The van der Waals surface area contributed by atoms with Gasteiger partial charge in [0.05, 0.1) is 7.11 Å². The van der Waals surface area contributed by atoms with Crippen LogP contribution in [0.5, 0.6) is 0 Å². The first-order valence-electron chi connectivity index (χ1n) is 5.96. The molecule has 0 aliphatic carbocycles. The van der Waals surface area contributed by atoms with Crippen molar-refractivity contribution >= 4 is 21.9 Å². The van der Waals surface area contributed by atoms with E-state index in [1.807, 2.05) is 6.07 Å². The Morgan fingerprint density at radius 1 is 1.35 bits per heavy atom. The van der Waals surface area contributed by atoms with Crippen molar-refractivity contribution in [3.8, 4) is 0 Å². The molecule has 0 aliphatic heterocycles. The molecule has 17 heavy (non-hydrogen) atoms. The largest absolute Gasteiger partial charge is 0.469 e. The number of hydrogen-bond donors (Lipinski definition) is 0. The predicted octanol–water partition coefficient (Wildman–Crippen LogP) is 4.29. The summed E-state index contributed by atoms with van der Waals surface area (Å²) in [4.78, 5) is 11.0. The Morgan fingerprint density at radius 2 is 2.06 bits per heavy atom. The minimum Gasteiger partial charge on any atom is -0.469 e. The Bertz CT molecular complexity index is 363. The molecule has 0 amide bonds. The molecule has 0 saturated heterocycles. The van der Waals surface area contributed by atoms with E-state index in [9.17, 15) is 4.79 Å². The molecule has 0 radical (unpaired) electrons. The fourth-order valence-electron chi connectivity index (χ4n) is 1.85. The molecule has 1 aromatic rings. The zero-order chi connectivity index (χ0) is 12.7. The number of methoxy groups -OCH3 is 1. The molecule has 0 fully saturated rings. The van der Waals surface area contributed by atoms with Crippen molar-refractivity contribution in [2.75, 3.05) is 7.11 Å². The molecule has 0 bridgehead atoms. The third-order valence-corrected chi connectivity index (χ3v) is 3.65. The summed E-state index contributed by atoms with van der Waals surface area (Å²) in [5.74, 6) is 0.404. The highest BCUT2D eigenvalue weighted by Gasteiger charge is 2.09. The third kappa shape index (κ3) is 4.90. The SMILES string of the molecule is COC(=O)CCCCC(C)c1ccccc1Br. The number of carbonyl (C=O) groups is 1. The van der Waals surface area contributed by atoms with Gasteiger partial charge in [0.2, 0.25) is 0 Å². The summed E-state index contributed by atoms with van der Waals surface area (Å²) in [7, 11) is 1.44. The van der Waals surface area contributed by atoms with Crippen molar-refractivity contribution in [1.29, 1.82) is 0 Å². The van der Waals surface area contributed by atoms with E-state index >= 15 is 0 Å². The Labute approximate surface area is 111 Å². The maximum Gasteiger partial charge on any atom is 0.305 e. The van der Waals surface area contributed by atoms with Gasteiger partial charge in [-0.25, -0.2) is 0 Å². The van der Waals surface area contributed by atoms with E-state index in [4.69, 9.17) is 0 Å². The number of hydrogen-bond acceptors (Lipinski definition) is 2. The normalized spacial score (nSPS) is 12.2. The van der Waals surface area contributed by atoms with Crippen LogP contribution in [0, 0.1) is 0 Å². The summed E-state index contributed by atoms with van der Waals surface area (Å²) in [6, 6.07) is 8.30. The highest BCUT2D eigenvalue weighted by atomic mass is 79.9. The maximum absolute atomic E-state index is 11.0. The monoisotopic (exact) mass is 298 g/mol. The molecule has 3 heteroatoms. The van der Waals surface area contributed by atoms with Crippen LogP contribution < -0.4 is 0 Å². The number of ether oxygens (including phenoxy) is 1. The van der Waals surface area contributed by atoms with Gasteiger partial charge in [0.25, 0.3) is 0 Å². The second-order valence-electron chi connectivity index (χ2n) is 4.24.